The van der Waals surface area contributed by atoms with Gasteiger partial charge >= 0.3 is 0 Å². The van der Waals surface area contributed by atoms with Gasteiger partial charge in [-0.2, -0.15) is 0 Å². The smallest absolute Gasteiger partial charge is 0.253 e. The van der Waals surface area contributed by atoms with Gasteiger partial charge < -0.3 is 14.5 Å². The molecule has 36 heavy (non-hydrogen) atoms. The van der Waals surface area contributed by atoms with E-state index in [0.29, 0.717) is 46.0 Å². The molecule has 0 radical (unpaired) electrons. The molecule has 0 saturated carbocycles. The first-order valence-corrected chi connectivity index (χ1v) is 12.7. The van der Waals surface area contributed by atoms with Gasteiger partial charge in [0.15, 0.2) is 0 Å². The molecule has 1 aliphatic heterocycles. The van der Waals surface area contributed by atoms with Crippen LogP contribution in [-0.2, 0) is 0 Å². The number of rotatable bonds is 5. The van der Waals surface area contributed by atoms with Crippen LogP contribution in [0.25, 0.3) is 0 Å². The van der Waals surface area contributed by atoms with E-state index >= 15 is 0 Å². The van der Waals surface area contributed by atoms with Crippen LogP contribution >= 0.6 is 34.8 Å². The summed E-state index contributed by atoms with van der Waals surface area (Å²) in [4.78, 5) is 17.6. The van der Waals surface area contributed by atoms with Gasteiger partial charge in [-0.1, -0.05) is 65.1 Å². The first-order chi connectivity index (χ1) is 17.5. The Kier molecular flexibility index (Phi) is 7.38. The third kappa shape index (κ3) is 5.46. The number of hydrogen-bond donors (Lipinski definition) is 0. The molecule has 1 saturated heterocycles. The van der Waals surface area contributed by atoms with Gasteiger partial charge in [-0.15, -0.1) is 0 Å². The Hall–Kier alpha value is -3.18. The number of amides is 1. The minimum absolute atomic E-state index is 0.0259. The molecule has 4 aromatic rings. The van der Waals surface area contributed by atoms with Crippen LogP contribution in [0.5, 0.6) is 11.5 Å². The summed E-state index contributed by atoms with van der Waals surface area (Å²) in [5, 5.41) is 1.83. The van der Waals surface area contributed by atoms with Crippen LogP contribution in [0.3, 0.4) is 0 Å². The fourth-order valence-corrected chi connectivity index (χ4v) is 5.06. The topological polar surface area (TPSA) is 32.8 Å². The summed E-state index contributed by atoms with van der Waals surface area (Å²) in [7, 11) is 0. The van der Waals surface area contributed by atoms with Crippen molar-refractivity contribution in [3.05, 3.63) is 123 Å². The molecule has 1 amide bonds. The number of anilines is 1. The van der Waals surface area contributed by atoms with Crippen LogP contribution in [0.1, 0.15) is 22.0 Å². The van der Waals surface area contributed by atoms with Crippen molar-refractivity contribution >= 4 is 46.4 Å². The number of benzene rings is 4. The summed E-state index contributed by atoms with van der Waals surface area (Å²) in [6, 6.07) is 29.9. The van der Waals surface area contributed by atoms with E-state index in [1.165, 1.54) is 0 Å². The SMILES string of the molecule is O=C(c1ccc(Oc2ccccc2)cc1)N1CCN(c2ccc(Cl)cc2Cl)C(c2ccc(Cl)cc2)C1. The second kappa shape index (κ2) is 10.8. The second-order valence-electron chi connectivity index (χ2n) is 8.55. The van der Waals surface area contributed by atoms with Gasteiger partial charge in [0.25, 0.3) is 5.91 Å². The van der Waals surface area contributed by atoms with Gasteiger partial charge in [-0.3, -0.25) is 4.79 Å². The Balaban J connectivity index is 1.37. The molecule has 182 valence electrons. The van der Waals surface area contributed by atoms with E-state index in [2.05, 4.69) is 4.90 Å². The molecular weight excluding hydrogens is 515 g/mol. The number of ether oxygens (including phenoxy) is 1. The minimum atomic E-state index is -0.0978. The Bertz CT molecular complexity index is 1350. The zero-order valence-electron chi connectivity index (χ0n) is 19.3. The summed E-state index contributed by atoms with van der Waals surface area (Å²) >= 11 is 18.9. The van der Waals surface area contributed by atoms with Crippen molar-refractivity contribution in [2.24, 2.45) is 0 Å². The van der Waals surface area contributed by atoms with Crippen LogP contribution in [0, 0.1) is 0 Å². The lowest BCUT2D eigenvalue weighted by atomic mass is 10.0. The van der Waals surface area contributed by atoms with Crippen molar-refractivity contribution in [1.82, 2.24) is 4.90 Å². The van der Waals surface area contributed by atoms with Gasteiger partial charge in [0.05, 0.1) is 16.8 Å². The molecule has 1 aliphatic rings. The number of nitrogens with zero attached hydrogens (tertiary/aromatic N) is 2. The maximum Gasteiger partial charge on any atom is 0.253 e. The molecule has 0 aromatic heterocycles. The minimum Gasteiger partial charge on any atom is -0.457 e. The molecule has 4 aromatic carbocycles. The third-order valence-corrected chi connectivity index (χ3v) is 7.01. The van der Waals surface area contributed by atoms with Crippen molar-refractivity contribution in [2.75, 3.05) is 24.5 Å². The molecule has 0 bridgehead atoms. The van der Waals surface area contributed by atoms with Crippen LogP contribution in [0.4, 0.5) is 5.69 Å². The van der Waals surface area contributed by atoms with Gasteiger partial charge in [0.1, 0.15) is 11.5 Å². The van der Waals surface area contributed by atoms with Crippen molar-refractivity contribution < 1.29 is 9.53 Å². The zero-order valence-corrected chi connectivity index (χ0v) is 21.5. The maximum absolute atomic E-state index is 13.5. The summed E-state index contributed by atoms with van der Waals surface area (Å²) in [5.74, 6) is 1.40. The van der Waals surface area contributed by atoms with E-state index in [9.17, 15) is 4.79 Å². The highest BCUT2D eigenvalue weighted by Gasteiger charge is 2.32. The highest BCUT2D eigenvalue weighted by Crippen LogP contribution is 2.37. The Morgan fingerprint density at radius 1 is 0.750 bits per heavy atom. The van der Waals surface area contributed by atoms with Gasteiger partial charge in [-0.25, -0.2) is 0 Å². The normalized spacial score (nSPS) is 15.6. The lowest BCUT2D eigenvalue weighted by molar-refractivity contribution is 0.0722. The number of para-hydroxylation sites is 1. The third-order valence-electron chi connectivity index (χ3n) is 6.22. The highest BCUT2D eigenvalue weighted by molar-refractivity contribution is 6.36. The molecule has 5 rings (SSSR count). The largest absolute Gasteiger partial charge is 0.457 e. The summed E-state index contributed by atoms with van der Waals surface area (Å²) in [6.45, 7) is 1.68. The lowest BCUT2D eigenvalue weighted by Gasteiger charge is -2.43. The van der Waals surface area contributed by atoms with Crippen molar-refractivity contribution in [3.8, 4) is 11.5 Å². The second-order valence-corrected chi connectivity index (χ2v) is 9.83. The van der Waals surface area contributed by atoms with E-state index in [1.807, 2.05) is 83.8 Å². The van der Waals surface area contributed by atoms with E-state index in [-0.39, 0.29) is 11.9 Å². The van der Waals surface area contributed by atoms with Crippen LogP contribution in [0.2, 0.25) is 15.1 Å². The van der Waals surface area contributed by atoms with Crippen molar-refractivity contribution in [2.45, 2.75) is 6.04 Å². The Morgan fingerprint density at radius 2 is 1.42 bits per heavy atom. The summed E-state index contributed by atoms with van der Waals surface area (Å²) < 4.78 is 5.86. The number of hydrogen-bond acceptors (Lipinski definition) is 3. The fourth-order valence-electron chi connectivity index (χ4n) is 4.41. The van der Waals surface area contributed by atoms with E-state index < -0.39 is 0 Å². The monoisotopic (exact) mass is 536 g/mol. The molecule has 4 nitrogen and oxygen atoms in total. The molecule has 0 N–H and O–H groups in total. The summed E-state index contributed by atoms with van der Waals surface area (Å²) in [5.41, 5.74) is 2.55. The number of carbonyl (C=O) groups is 1. The van der Waals surface area contributed by atoms with E-state index in [4.69, 9.17) is 39.5 Å². The predicted molar refractivity (Wildman–Crippen MR) is 147 cm³/mol. The van der Waals surface area contributed by atoms with Crippen LogP contribution in [-0.4, -0.2) is 30.4 Å². The molecule has 0 aliphatic carbocycles. The highest BCUT2D eigenvalue weighted by atomic mass is 35.5. The lowest BCUT2D eigenvalue weighted by Crippen LogP contribution is -2.50. The Morgan fingerprint density at radius 3 is 2.11 bits per heavy atom. The molecular formula is C29H23Cl3N2O2. The number of piperazine rings is 1. The van der Waals surface area contributed by atoms with Crippen molar-refractivity contribution in [3.63, 3.8) is 0 Å². The molecule has 0 spiro atoms. The predicted octanol–water partition coefficient (Wildman–Crippen LogP) is 8.14. The van der Waals surface area contributed by atoms with Gasteiger partial charge in [0, 0.05) is 35.2 Å². The van der Waals surface area contributed by atoms with Crippen molar-refractivity contribution in [1.29, 1.82) is 0 Å². The maximum atomic E-state index is 13.5. The van der Waals surface area contributed by atoms with Gasteiger partial charge in [-0.05, 0) is 72.3 Å². The molecule has 1 heterocycles. The quantitative estimate of drug-likeness (QED) is 0.257. The fraction of sp³-hybridized carbons (Fsp3) is 0.138. The van der Waals surface area contributed by atoms with E-state index in [0.717, 1.165) is 17.0 Å². The standard InChI is InChI=1S/C29H23Cl3N2O2/c30-22-10-6-20(7-11-22)28-19-33(16-17-34(28)27-15-12-23(31)18-26(27)32)29(35)21-8-13-25(14-9-21)36-24-4-2-1-3-5-24/h1-15,18,28H,16-17,19H2. The van der Waals surface area contributed by atoms with Crippen LogP contribution in [0.15, 0.2) is 97.1 Å². The van der Waals surface area contributed by atoms with Gasteiger partial charge in [0.2, 0.25) is 0 Å². The first kappa shape index (κ1) is 24.5. The average molecular weight is 538 g/mol. The molecule has 1 atom stereocenters. The average Bonchev–Trinajstić information content (AvgIpc) is 2.90. The van der Waals surface area contributed by atoms with E-state index in [1.54, 1.807) is 18.2 Å². The Labute approximate surface area is 225 Å². The van der Waals surface area contributed by atoms with Crippen LogP contribution < -0.4 is 9.64 Å². The molecule has 1 unspecified atom stereocenters. The zero-order chi connectivity index (χ0) is 25.1. The molecule has 7 heteroatoms. The number of halogens is 3. The number of carbonyl (C=O) groups excluding carboxylic acids is 1. The first-order valence-electron chi connectivity index (χ1n) is 11.6. The molecule has 1 fully saturated rings. The summed E-state index contributed by atoms with van der Waals surface area (Å²) in [6.07, 6.45) is 0.